The SMILES string of the molecule is CC(C)NCc1ccc(SC2CCCCC2)c(Cl)c1. The molecule has 1 nitrogen and oxygen atoms in total. The molecule has 0 radical (unpaired) electrons. The average Bonchev–Trinajstić information content (AvgIpc) is 2.40. The number of hydrogen-bond acceptors (Lipinski definition) is 2. The Morgan fingerprint density at radius 2 is 2.00 bits per heavy atom. The van der Waals surface area contributed by atoms with E-state index in [1.807, 2.05) is 11.8 Å². The third-order valence-electron chi connectivity index (χ3n) is 3.56. The predicted octanol–water partition coefficient (Wildman–Crippen LogP) is 5.26. The van der Waals surface area contributed by atoms with Crippen LogP contribution in [0.1, 0.15) is 51.5 Å². The lowest BCUT2D eigenvalue weighted by Gasteiger charge is -2.21. The third-order valence-corrected chi connectivity index (χ3v) is 5.40. The van der Waals surface area contributed by atoms with Crippen LogP contribution in [0.4, 0.5) is 0 Å². The van der Waals surface area contributed by atoms with Crippen molar-refractivity contribution in [3.05, 3.63) is 28.8 Å². The summed E-state index contributed by atoms with van der Waals surface area (Å²) in [5.74, 6) is 0. The molecule has 1 aromatic rings. The van der Waals surface area contributed by atoms with Gasteiger partial charge in [0.25, 0.3) is 0 Å². The van der Waals surface area contributed by atoms with Crippen LogP contribution >= 0.6 is 23.4 Å². The maximum Gasteiger partial charge on any atom is 0.0545 e. The molecule has 1 saturated carbocycles. The highest BCUT2D eigenvalue weighted by atomic mass is 35.5. The first kappa shape index (κ1) is 15.2. The molecule has 0 aromatic heterocycles. The van der Waals surface area contributed by atoms with Crippen molar-refractivity contribution in [3.63, 3.8) is 0 Å². The van der Waals surface area contributed by atoms with E-state index in [4.69, 9.17) is 11.6 Å². The fourth-order valence-corrected chi connectivity index (χ4v) is 4.02. The lowest BCUT2D eigenvalue weighted by atomic mass is 10.0. The summed E-state index contributed by atoms with van der Waals surface area (Å²) in [4.78, 5) is 1.25. The van der Waals surface area contributed by atoms with Crippen LogP contribution in [0.5, 0.6) is 0 Å². The summed E-state index contributed by atoms with van der Waals surface area (Å²) in [5, 5.41) is 5.11. The highest BCUT2D eigenvalue weighted by Gasteiger charge is 2.16. The molecule has 0 amide bonds. The Labute approximate surface area is 126 Å². The van der Waals surface area contributed by atoms with Crippen molar-refractivity contribution in [2.45, 2.75) is 68.7 Å². The molecule has 3 heteroatoms. The molecule has 1 fully saturated rings. The van der Waals surface area contributed by atoms with Gasteiger partial charge in [0.15, 0.2) is 0 Å². The molecule has 0 heterocycles. The van der Waals surface area contributed by atoms with Gasteiger partial charge in [0.2, 0.25) is 0 Å². The van der Waals surface area contributed by atoms with Gasteiger partial charge in [-0.15, -0.1) is 11.8 Å². The molecule has 2 rings (SSSR count). The van der Waals surface area contributed by atoms with Crippen molar-refractivity contribution in [2.75, 3.05) is 0 Å². The first-order chi connectivity index (χ1) is 9.15. The van der Waals surface area contributed by atoms with Crippen molar-refractivity contribution in [2.24, 2.45) is 0 Å². The Kier molecular flexibility index (Phi) is 6.06. The molecule has 0 atom stereocenters. The Balaban J connectivity index is 1.94. The smallest absolute Gasteiger partial charge is 0.0545 e. The van der Waals surface area contributed by atoms with Gasteiger partial charge in [-0.25, -0.2) is 0 Å². The van der Waals surface area contributed by atoms with Crippen molar-refractivity contribution in [1.29, 1.82) is 0 Å². The molecule has 0 spiro atoms. The molecule has 1 aliphatic carbocycles. The first-order valence-corrected chi connectivity index (χ1v) is 8.59. The normalized spacial score (nSPS) is 17.1. The van der Waals surface area contributed by atoms with Crippen LogP contribution in [0, 0.1) is 0 Å². The van der Waals surface area contributed by atoms with Gasteiger partial charge in [-0.3, -0.25) is 0 Å². The van der Waals surface area contributed by atoms with Gasteiger partial charge in [-0.2, -0.15) is 0 Å². The highest BCUT2D eigenvalue weighted by molar-refractivity contribution is 8.00. The van der Waals surface area contributed by atoms with E-state index in [1.165, 1.54) is 42.6 Å². The van der Waals surface area contributed by atoms with E-state index >= 15 is 0 Å². The van der Waals surface area contributed by atoms with Crippen molar-refractivity contribution in [3.8, 4) is 0 Å². The van der Waals surface area contributed by atoms with Gasteiger partial charge < -0.3 is 5.32 Å². The summed E-state index contributed by atoms with van der Waals surface area (Å²) in [6, 6.07) is 7.02. The molecule has 0 bridgehead atoms. The lowest BCUT2D eigenvalue weighted by molar-refractivity contribution is 0.516. The molecular weight excluding hydrogens is 274 g/mol. The molecule has 0 saturated heterocycles. The minimum Gasteiger partial charge on any atom is -0.310 e. The molecule has 1 N–H and O–H groups in total. The Bertz CT molecular complexity index is 400. The second-order valence-electron chi connectivity index (χ2n) is 5.68. The number of hydrogen-bond donors (Lipinski definition) is 1. The zero-order chi connectivity index (χ0) is 13.7. The lowest BCUT2D eigenvalue weighted by Crippen LogP contribution is -2.21. The van der Waals surface area contributed by atoms with Crippen LogP contribution in [-0.4, -0.2) is 11.3 Å². The van der Waals surface area contributed by atoms with E-state index < -0.39 is 0 Å². The average molecular weight is 298 g/mol. The van der Waals surface area contributed by atoms with E-state index in [0.717, 1.165) is 16.8 Å². The Hall–Kier alpha value is -0.180. The number of thioether (sulfide) groups is 1. The number of rotatable bonds is 5. The summed E-state index contributed by atoms with van der Waals surface area (Å²) in [6.45, 7) is 5.22. The monoisotopic (exact) mass is 297 g/mol. The van der Waals surface area contributed by atoms with Gasteiger partial charge in [-0.1, -0.05) is 50.8 Å². The summed E-state index contributed by atoms with van der Waals surface area (Å²) >= 11 is 8.39. The summed E-state index contributed by atoms with van der Waals surface area (Å²) < 4.78 is 0. The minimum atomic E-state index is 0.509. The molecule has 19 heavy (non-hydrogen) atoms. The van der Waals surface area contributed by atoms with Crippen LogP contribution in [0.2, 0.25) is 5.02 Å². The van der Waals surface area contributed by atoms with E-state index in [2.05, 4.69) is 37.4 Å². The topological polar surface area (TPSA) is 12.0 Å². The predicted molar refractivity (Wildman–Crippen MR) is 86.2 cm³/mol. The second kappa shape index (κ2) is 7.56. The second-order valence-corrected chi connectivity index (χ2v) is 7.43. The van der Waals surface area contributed by atoms with Crippen molar-refractivity contribution >= 4 is 23.4 Å². The van der Waals surface area contributed by atoms with Gasteiger partial charge in [0.1, 0.15) is 0 Å². The maximum absolute atomic E-state index is 6.42. The van der Waals surface area contributed by atoms with Crippen LogP contribution in [0.25, 0.3) is 0 Å². The highest BCUT2D eigenvalue weighted by Crippen LogP contribution is 2.37. The van der Waals surface area contributed by atoms with Gasteiger partial charge in [-0.05, 0) is 30.5 Å². The van der Waals surface area contributed by atoms with Gasteiger partial charge >= 0.3 is 0 Å². The van der Waals surface area contributed by atoms with E-state index in [0.29, 0.717) is 6.04 Å². The van der Waals surface area contributed by atoms with E-state index in [9.17, 15) is 0 Å². The largest absolute Gasteiger partial charge is 0.310 e. The minimum absolute atomic E-state index is 0.509. The zero-order valence-electron chi connectivity index (χ0n) is 11.9. The van der Waals surface area contributed by atoms with Crippen LogP contribution in [-0.2, 0) is 6.54 Å². The first-order valence-electron chi connectivity index (χ1n) is 7.33. The number of nitrogens with one attached hydrogen (secondary N) is 1. The molecule has 0 unspecified atom stereocenters. The fraction of sp³-hybridized carbons (Fsp3) is 0.625. The van der Waals surface area contributed by atoms with Gasteiger partial charge in [0, 0.05) is 22.7 Å². The summed E-state index contributed by atoms with van der Waals surface area (Å²) in [5.41, 5.74) is 1.27. The molecule has 1 aliphatic rings. The maximum atomic E-state index is 6.42. The standard InChI is InChI=1S/C16H24ClNS/c1-12(2)18-11-13-8-9-16(15(17)10-13)19-14-6-4-3-5-7-14/h8-10,12,14,18H,3-7,11H2,1-2H3. The number of halogens is 1. The van der Waals surface area contributed by atoms with Crippen LogP contribution in [0.3, 0.4) is 0 Å². The Morgan fingerprint density at radius 1 is 1.26 bits per heavy atom. The van der Waals surface area contributed by atoms with Crippen LogP contribution in [0.15, 0.2) is 23.1 Å². The van der Waals surface area contributed by atoms with Crippen LogP contribution < -0.4 is 5.32 Å². The fourth-order valence-electron chi connectivity index (χ4n) is 2.43. The molecular formula is C16H24ClNS. The van der Waals surface area contributed by atoms with E-state index in [-0.39, 0.29) is 0 Å². The number of benzene rings is 1. The zero-order valence-corrected chi connectivity index (χ0v) is 13.5. The van der Waals surface area contributed by atoms with Crippen molar-refractivity contribution in [1.82, 2.24) is 5.32 Å². The molecule has 0 aliphatic heterocycles. The van der Waals surface area contributed by atoms with Gasteiger partial charge in [0.05, 0.1) is 5.02 Å². The van der Waals surface area contributed by atoms with Crippen molar-refractivity contribution < 1.29 is 0 Å². The quantitative estimate of drug-likeness (QED) is 0.795. The third kappa shape index (κ3) is 5.02. The van der Waals surface area contributed by atoms with E-state index in [1.54, 1.807) is 0 Å². The molecule has 106 valence electrons. The summed E-state index contributed by atoms with van der Waals surface area (Å²) in [7, 11) is 0. The molecule has 1 aromatic carbocycles. The Morgan fingerprint density at radius 3 is 2.63 bits per heavy atom. The summed E-state index contributed by atoms with van der Waals surface area (Å²) in [6.07, 6.45) is 6.86.